The molecule has 3 aliphatic heterocycles. The second-order valence-corrected chi connectivity index (χ2v) is 7.03. The molecule has 0 saturated carbocycles. The van der Waals surface area contributed by atoms with E-state index in [2.05, 4.69) is 4.90 Å². The fourth-order valence-electron chi connectivity index (χ4n) is 3.98. The van der Waals surface area contributed by atoms with E-state index in [0.717, 1.165) is 0 Å². The van der Waals surface area contributed by atoms with Gasteiger partial charge in [-0.25, -0.2) is 4.90 Å². The zero-order valence-corrected chi connectivity index (χ0v) is 14.8. The van der Waals surface area contributed by atoms with Gasteiger partial charge in [0.1, 0.15) is 0 Å². The Morgan fingerprint density at radius 3 is 2.27 bits per heavy atom. The number of anilines is 1. The van der Waals surface area contributed by atoms with Crippen molar-refractivity contribution in [3.63, 3.8) is 0 Å². The van der Waals surface area contributed by atoms with Crippen LogP contribution in [-0.4, -0.2) is 60.6 Å². The summed E-state index contributed by atoms with van der Waals surface area (Å²) in [6.07, 6.45) is 1.60. The number of hydrogen-bond acceptors (Lipinski definition) is 6. The van der Waals surface area contributed by atoms with Crippen molar-refractivity contribution in [3.05, 3.63) is 29.8 Å². The molecule has 26 heavy (non-hydrogen) atoms. The van der Waals surface area contributed by atoms with E-state index in [1.807, 2.05) is 0 Å². The molecule has 3 saturated heterocycles. The van der Waals surface area contributed by atoms with E-state index in [0.29, 0.717) is 50.4 Å². The first-order valence-corrected chi connectivity index (χ1v) is 8.99. The molecule has 7 nitrogen and oxygen atoms in total. The SMILES string of the molecule is CC(=O)c1ccc(N2C(=O)CC(N3CCC4(CC3)OCCO4)C2=O)cc1. The Bertz CT molecular complexity index is 729. The van der Waals surface area contributed by atoms with Crippen LogP contribution in [0.1, 0.15) is 36.5 Å². The van der Waals surface area contributed by atoms with Crippen molar-refractivity contribution in [1.29, 1.82) is 0 Å². The smallest absolute Gasteiger partial charge is 0.251 e. The van der Waals surface area contributed by atoms with Crippen molar-refractivity contribution in [2.75, 3.05) is 31.2 Å². The lowest BCUT2D eigenvalue weighted by molar-refractivity contribution is -0.188. The number of amides is 2. The summed E-state index contributed by atoms with van der Waals surface area (Å²) in [6, 6.07) is 6.16. The second kappa shape index (κ2) is 6.57. The molecule has 0 radical (unpaired) electrons. The third-order valence-electron chi connectivity index (χ3n) is 5.47. The van der Waals surface area contributed by atoms with E-state index < -0.39 is 11.8 Å². The van der Waals surface area contributed by atoms with Gasteiger partial charge in [0, 0.05) is 31.5 Å². The molecule has 1 unspecified atom stereocenters. The van der Waals surface area contributed by atoms with Crippen LogP contribution >= 0.6 is 0 Å². The van der Waals surface area contributed by atoms with Gasteiger partial charge in [0.15, 0.2) is 11.6 Å². The quantitative estimate of drug-likeness (QED) is 0.600. The normalized spacial score (nSPS) is 26.0. The minimum Gasteiger partial charge on any atom is -0.347 e. The monoisotopic (exact) mass is 358 g/mol. The lowest BCUT2D eigenvalue weighted by atomic mass is 10.0. The Kier molecular flexibility index (Phi) is 4.38. The van der Waals surface area contributed by atoms with E-state index in [-0.39, 0.29) is 24.0 Å². The first kappa shape index (κ1) is 17.3. The van der Waals surface area contributed by atoms with Crippen LogP contribution < -0.4 is 4.90 Å². The van der Waals surface area contributed by atoms with Crippen LogP contribution in [-0.2, 0) is 19.1 Å². The standard InChI is InChI=1S/C19H22N2O5/c1-13(22)14-2-4-15(5-3-14)21-17(23)12-16(18(21)24)20-8-6-19(7-9-20)25-10-11-26-19/h2-5,16H,6-12H2,1H3. The number of carbonyl (C=O) groups excluding carboxylic acids is 3. The summed E-state index contributed by atoms with van der Waals surface area (Å²) in [5.41, 5.74) is 1.07. The summed E-state index contributed by atoms with van der Waals surface area (Å²) in [5, 5.41) is 0. The number of ether oxygens (including phenoxy) is 2. The molecule has 3 fully saturated rings. The van der Waals surface area contributed by atoms with Crippen molar-refractivity contribution in [1.82, 2.24) is 4.90 Å². The van der Waals surface area contributed by atoms with E-state index in [1.165, 1.54) is 11.8 Å². The highest BCUT2D eigenvalue weighted by Crippen LogP contribution is 2.34. The van der Waals surface area contributed by atoms with E-state index >= 15 is 0 Å². The summed E-state index contributed by atoms with van der Waals surface area (Å²) in [6.45, 7) is 4.05. The van der Waals surface area contributed by atoms with Gasteiger partial charge in [-0.15, -0.1) is 0 Å². The van der Waals surface area contributed by atoms with Crippen LogP contribution in [0, 0.1) is 0 Å². The van der Waals surface area contributed by atoms with E-state index in [4.69, 9.17) is 9.47 Å². The van der Waals surface area contributed by atoms with E-state index in [9.17, 15) is 14.4 Å². The molecule has 0 aromatic heterocycles. The van der Waals surface area contributed by atoms with Crippen molar-refractivity contribution in [2.24, 2.45) is 0 Å². The number of hydrogen-bond donors (Lipinski definition) is 0. The molecule has 1 spiro atoms. The molecule has 2 amide bonds. The Labute approximate surface area is 151 Å². The molecular formula is C19H22N2O5. The summed E-state index contributed by atoms with van der Waals surface area (Å²) in [4.78, 5) is 40.0. The Morgan fingerprint density at radius 1 is 1.08 bits per heavy atom. The fourth-order valence-corrected chi connectivity index (χ4v) is 3.98. The van der Waals surface area contributed by atoms with Crippen LogP contribution in [0.5, 0.6) is 0 Å². The first-order chi connectivity index (χ1) is 12.5. The topological polar surface area (TPSA) is 76.2 Å². The maximum atomic E-state index is 12.9. The lowest BCUT2D eigenvalue weighted by Crippen LogP contribution is -2.51. The number of benzene rings is 1. The molecule has 0 N–H and O–H groups in total. The number of Topliss-reactive ketones (excluding diaryl/α,β-unsaturated/α-hetero) is 1. The van der Waals surface area contributed by atoms with Gasteiger partial charge in [-0.2, -0.15) is 0 Å². The molecule has 3 aliphatic rings. The van der Waals surface area contributed by atoms with Gasteiger partial charge in [-0.1, -0.05) is 0 Å². The number of carbonyl (C=O) groups is 3. The van der Waals surface area contributed by atoms with Gasteiger partial charge < -0.3 is 9.47 Å². The van der Waals surface area contributed by atoms with Gasteiger partial charge in [0.05, 0.1) is 31.4 Å². The van der Waals surface area contributed by atoms with Gasteiger partial charge in [-0.3, -0.25) is 19.3 Å². The van der Waals surface area contributed by atoms with Crippen LogP contribution in [0.2, 0.25) is 0 Å². The van der Waals surface area contributed by atoms with Crippen LogP contribution in [0.25, 0.3) is 0 Å². The molecule has 1 aromatic carbocycles. The molecule has 1 atom stereocenters. The zero-order valence-electron chi connectivity index (χ0n) is 14.8. The Morgan fingerprint density at radius 2 is 1.69 bits per heavy atom. The number of likely N-dealkylation sites (tertiary alicyclic amines) is 1. The summed E-state index contributed by atoms with van der Waals surface area (Å²) >= 11 is 0. The Balaban J connectivity index is 1.46. The lowest BCUT2D eigenvalue weighted by Gasteiger charge is -2.39. The molecule has 4 rings (SSSR count). The molecule has 1 aromatic rings. The molecule has 0 bridgehead atoms. The average Bonchev–Trinajstić information content (AvgIpc) is 3.20. The zero-order chi connectivity index (χ0) is 18.3. The fraction of sp³-hybridized carbons (Fsp3) is 0.526. The van der Waals surface area contributed by atoms with Crippen molar-refractivity contribution < 1.29 is 23.9 Å². The highest BCUT2D eigenvalue weighted by molar-refractivity contribution is 6.22. The molecule has 3 heterocycles. The van der Waals surface area contributed by atoms with Crippen LogP contribution in [0.15, 0.2) is 24.3 Å². The van der Waals surface area contributed by atoms with Crippen LogP contribution in [0.3, 0.4) is 0 Å². The predicted octanol–water partition coefficient (Wildman–Crippen LogP) is 1.36. The van der Waals surface area contributed by atoms with Crippen molar-refractivity contribution in [3.8, 4) is 0 Å². The maximum absolute atomic E-state index is 12.9. The van der Waals surface area contributed by atoms with Crippen LogP contribution in [0.4, 0.5) is 5.69 Å². The Hall–Kier alpha value is -2.09. The van der Waals surface area contributed by atoms with Gasteiger partial charge in [0.25, 0.3) is 5.91 Å². The maximum Gasteiger partial charge on any atom is 0.251 e. The largest absolute Gasteiger partial charge is 0.347 e. The first-order valence-electron chi connectivity index (χ1n) is 8.99. The molecular weight excluding hydrogens is 336 g/mol. The predicted molar refractivity (Wildman–Crippen MR) is 92.8 cm³/mol. The summed E-state index contributed by atoms with van der Waals surface area (Å²) in [7, 11) is 0. The molecule has 7 heteroatoms. The van der Waals surface area contributed by atoms with Gasteiger partial charge in [0.2, 0.25) is 5.91 Å². The summed E-state index contributed by atoms with van der Waals surface area (Å²) in [5.74, 6) is -0.948. The number of piperidine rings is 1. The van der Waals surface area contributed by atoms with E-state index in [1.54, 1.807) is 24.3 Å². The van der Waals surface area contributed by atoms with Crippen molar-refractivity contribution in [2.45, 2.75) is 38.0 Å². The number of ketones is 1. The highest BCUT2D eigenvalue weighted by Gasteiger charge is 2.47. The molecule has 0 aliphatic carbocycles. The third-order valence-corrected chi connectivity index (χ3v) is 5.47. The summed E-state index contributed by atoms with van der Waals surface area (Å²) < 4.78 is 11.4. The number of rotatable bonds is 3. The minimum atomic E-state index is -0.496. The van der Waals surface area contributed by atoms with Crippen molar-refractivity contribution >= 4 is 23.3 Å². The van der Waals surface area contributed by atoms with Gasteiger partial charge in [-0.05, 0) is 31.2 Å². The number of nitrogens with zero attached hydrogens (tertiary/aromatic N) is 2. The molecule has 138 valence electrons. The second-order valence-electron chi connectivity index (χ2n) is 7.03. The average molecular weight is 358 g/mol. The van der Waals surface area contributed by atoms with Gasteiger partial charge >= 0.3 is 0 Å². The third kappa shape index (κ3) is 2.96. The number of imide groups is 1. The minimum absolute atomic E-state index is 0.0490. The highest BCUT2D eigenvalue weighted by atomic mass is 16.7.